The van der Waals surface area contributed by atoms with E-state index in [2.05, 4.69) is 18.7 Å². The smallest absolute Gasteiger partial charge is 1.00 e. The van der Waals surface area contributed by atoms with Crippen LogP contribution in [-0.2, 0) is 6.42 Å². The molecule has 0 aliphatic heterocycles. The molecule has 0 aliphatic rings. The third-order valence-electron chi connectivity index (χ3n) is 1.22. The van der Waals surface area contributed by atoms with Crippen molar-refractivity contribution in [2.24, 2.45) is 0 Å². The van der Waals surface area contributed by atoms with Crippen LogP contribution in [0.4, 0.5) is 0 Å². The molecule has 0 aliphatic carbocycles. The van der Waals surface area contributed by atoms with Gasteiger partial charge in [0.25, 0.3) is 0 Å². The molecule has 0 saturated carbocycles. The van der Waals surface area contributed by atoms with E-state index in [-0.39, 0.29) is 20.3 Å². The van der Waals surface area contributed by atoms with E-state index in [1.54, 1.807) is 0 Å². The monoisotopic (exact) mass is 126 g/mol. The van der Waals surface area contributed by atoms with Crippen LogP contribution in [0.1, 0.15) is 6.99 Å². The normalized spacial score (nSPS) is 8.00. The van der Waals surface area contributed by atoms with Crippen molar-refractivity contribution in [2.45, 2.75) is 6.42 Å². The Morgan fingerprint density at radius 1 is 1.30 bits per heavy atom. The van der Waals surface area contributed by atoms with Gasteiger partial charge < -0.3 is 1.43 Å². The molecule has 1 heteroatoms. The van der Waals surface area contributed by atoms with Crippen molar-refractivity contribution in [3.05, 3.63) is 48.6 Å². The molecule has 10 heavy (non-hydrogen) atoms. The topological polar surface area (TPSA) is 0 Å². The molecule has 0 heterocycles. The summed E-state index contributed by atoms with van der Waals surface area (Å²) in [4.78, 5) is 0. The Morgan fingerprint density at radius 2 is 1.90 bits per heavy atom. The molecule has 0 saturated heterocycles. The van der Waals surface area contributed by atoms with Crippen LogP contribution >= 0.6 is 0 Å². The van der Waals surface area contributed by atoms with Crippen molar-refractivity contribution in [1.29, 1.82) is 0 Å². The van der Waals surface area contributed by atoms with Gasteiger partial charge >= 0.3 is 18.9 Å². The van der Waals surface area contributed by atoms with Crippen LogP contribution in [0.2, 0.25) is 0 Å². The molecular weight excluding hydrogens is 115 g/mol. The number of benzene rings is 1. The fraction of sp³-hybridized carbons (Fsp3) is 0.111. The molecule has 0 atom stereocenters. The molecule has 1 aromatic carbocycles. The van der Waals surface area contributed by atoms with Crippen molar-refractivity contribution in [2.75, 3.05) is 0 Å². The van der Waals surface area contributed by atoms with Crippen LogP contribution in [-0.4, -0.2) is 0 Å². The molecule has 0 N–H and O–H groups in total. The van der Waals surface area contributed by atoms with E-state index < -0.39 is 0 Å². The van der Waals surface area contributed by atoms with Gasteiger partial charge in [-0.25, -0.2) is 0 Å². The first-order valence-electron chi connectivity index (χ1n) is 3.08. The van der Waals surface area contributed by atoms with E-state index in [9.17, 15) is 0 Å². The largest absolute Gasteiger partial charge is 1.00 e. The standard InChI is InChI=1S/C9H10.Li.H/c1-2-6-9-7-4-3-5-8-9;;/h2-5,7-8H,1,6H2;;/q;+1;-1. The summed E-state index contributed by atoms with van der Waals surface area (Å²) in [6, 6.07) is 10.3. The summed E-state index contributed by atoms with van der Waals surface area (Å²) in [5.74, 6) is 0. The van der Waals surface area contributed by atoms with E-state index in [0.717, 1.165) is 6.42 Å². The summed E-state index contributed by atoms with van der Waals surface area (Å²) in [6.07, 6.45) is 2.89. The second-order valence-corrected chi connectivity index (χ2v) is 1.98. The Bertz CT molecular complexity index is 184. The SMILES string of the molecule is C=CCc1ccccc1.[H-].[Li+]. The van der Waals surface area contributed by atoms with Crippen LogP contribution in [0.3, 0.4) is 0 Å². The van der Waals surface area contributed by atoms with Gasteiger partial charge in [-0.05, 0) is 12.0 Å². The Kier molecular flexibility index (Phi) is 5.11. The first kappa shape index (κ1) is 9.56. The van der Waals surface area contributed by atoms with Gasteiger partial charge in [-0.3, -0.25) is 0 Å². The third-order valence-corrected chi connectivity index (χ3v) is 1.22. The van der Waals surface area contributed by atoms with E-state index in [4.69, 9.17) is 0 Å². The Morgan fingerprint density at radius 3 is 2.40 bits per heavy atom. The van der Waals surface area contributed by atoms with Crippen molar-refractivity contribution >= 4 is 0 Å². The molecular formula is C9H11Li. The number of rotatable bonds is 2. The fourth-order valence-electron chi connectivity index (χ4n) is 0.781. The number of hydrogen-bond donors (Lipinski definition) is 0. The Labute approximate surface area is 75.6 Å². The Balaban J connectivity index is 0. The number of hydrogen-bond acceptors (Lipinski definition) is 0. The molecule has 0 aromatic heterocycles. The molecule has 0 bridgehead atoms. The molecule has 1 rings (SSSR count). The zero-order valence-electron chi connectivity index (χ0n) is 7.38. The Hall–Kier alpha value is -0.443. The van der Waals surface area contributed by atoms with Gasteiger partial charge in [-0.1, -0.05) is 36.4 Å². The van der Waals surface area contributed by atoms with Crippen molar-refractivity contribution in [1.82, 2.24) is 0 Å². The first-order valence-corrected chi connectivity index (χ1v) is 3.08. The van der Waals surface area contributed by atoms with Gasteiger partial charge in [0.1, 0.15) is 0 Å². The molecule has 0 radical (unpaired) electrons. The molecule has 48 valence electrons. The first-order chi connectivity index (χ1) is 4.43. The maximum absolute atomic E-state index is 3.66. The molecule has 0 spiro atoms. The van der Waals surface area contributed by atoms with Gasteiger partial charge in [0, 0.05) is 0 Å². The van der Waals surface area contributed by atoms with E-state index in [1.807, 2.05) is 24.3 Å². The maximum Gasteiger partial charge on any atom is 1.00 e. The molecule has 0 amide bonds. The minimum atomic E-state index is 0. The van der Waals surface area contributed by atoms with E-state index >= 15 is 0 Å². The summed E-state index contributed by atoms with van der Waals surface area (Å²) in [6.45, 7) is 3.66. The van der Waals surface area contributed by atoms with Gasteiger partial charge in [0.05, 0.1) is 0 Å². The number of allylic oxidation sites excluding steroid dienone is 1. The second kappa shape index (κ2) is 5.35. The zero-order chi connectivity index (χ0) is 6.53. The van der Waals surface area contributed by atoms with Crippen molar-refractivity contribution in [3.8, 4) is 0 Å². The third kappa shape index (κ3) is 2.92. The molecule has 0 fully saturated rings. The minimum Gasteiger partial charge on any atom is -1.00 e. The van der Waals surface area contributed by atoms with Gasteiger partial charge in [-0.2, -0.15) is 0 Å². The predicted octanol–water partition coefficient (Wildman–Crippen LogP) is -0.468. The predicted molar refractivity (Wildman–Crippen MR) is 41.5 cm³/mol. The molecule has 0 unspecified atom stereocenters. The van der Waals surface area contributed by atoms with Crippen LogP contribution in [0.15, 0.2) is 43.0 Å². The average molecular weight is 126 g/mol. The van der Waals surface area contributed by atoms with Gasteiger partial charge in [-0.15, -0.1) is 6.58 Å². The second-order valence-electron chi connectivity index (χ2n) is 1.98. The van der Waals surface area contributed by atoms with Crippen molar-refractivity contribution < 1.29 is 20.3 Å². The van der Waals surface area contributed by atoms with Crippen LogP contribution in [0.25, 0.3) is 0 Å². The van der Waals surface area contributed by atoms with Gasteiger partial charge in [0.15, 0.2) is 0 Å². The van der Waals surface area contributed by atoms with E-state index in [1.165, 1.54) is 5.56 Å². The summed E-state index contributed by atoms with van der Waals surface area (Å²) < 4.78 is 0. The van der Waals surface area contributed by atoms with Gasteiger partial charge in [0.2, 0.25) is 0 Å². The van der Waals surface area contributed by atoms with Crippen LogP contribution in [0, 0.1) is 0 Å². The minimum absolute atomic E-state index is 0. The van der Waals surface area contributed by atoms with Crippen LogP contribution < -0.4 is 18.9 Å². The zero-order valence-corrected chi connectivity index (χ0v) is 6.38. The van der Waals surface area contributed by atoms with Crippen molar-refractivity contribution in [3.63, 3.8) is 0 Å². The summed E-state index contributed by atoms with van der Waals surface area (Å²) in [5.41, 5.74) is 1.33. The van der Waals surface area contributed by atoms with E-state index in [0.29, 0.717) is 0 Å². The summed E-state index contributed by atoms with van der Waals surface area (Å²) in [7, 11) is 0. The fourth-order valence-corrected chi connectivity index (χ4v) is 0.781. The average Bonchev–Trinajstić information content (AvgIpc) is 1.91. The maximum atomic E-state index is 3.66. The quantitative estimate of drug-likeness (QED) is 0.371. The molecule has 1 aromatic rings. The van der Waals surface area contributed by atoms with Crippen LogP contribution in [0.5, 0.6) is 0 Å². The summed E-state index contributed by atoms with van der Waals surface area (Å²) in [5, 5.41) is 0. The summed E-state index contributed by atoms with van der Waals surface area (Å²) >= 11 is 0. The molecule has 0 nitrogen and oxygen atoms in total.